The first-order valence-corrected chi connectivity index (χ1v) is 14.6. The van der Waals surface area contributed by atoms with E-state index in [0.717, 1.165) is 22.6 Å². The Labute approximate surface area is 243 Å². The molecule has 1 aliphatic carbocycles. The first-order chi connectivity index (χ1) is 19.8. The molecule has 0 aromatic heterocycles. The molecule has 7 nitrogen and oxygen atoms in total. The zero-order chi connectivity index (χ0) is 29.6. The Morgan fingerprint density at radius 3 is 1.83 bits per heavy atom. The fraction of sp³-hybridized carbons (Fsp3) is 0.471. The van der Waals surface area contributed by atoms with Gasteiger partial charge in [-0.15, -0.1) is 0 Å². The number of carbonyl (C=O) groups excluding carboxylic acids is 2. The summed E-state index contributed by atoms with van der Waals surface area (Å²) < 4.78 is 16.5. The highest BCUT2D eigenvalue weighted by Gasteiger charge is 2.21. The van der Waals surface area contributed by atoms with E-state index in [1.807, 2.05) is 18.2 Å². The number of rotatable bonds is 16. The molecule has 1 saturated carbocycles. The van der Waals surface area contributed by atoms with Crippen LogP contribution in [0.15, 0.2) is 66.8 Å². The van der Waals surface area contributed by atoms with Crippen molar-refractivity contribution in [2.45, 2.75) is 70.8 Å². The number of hydrogen-bond acceptors (Lipinski definition) is 7. The average molecular weight is 565 g/mol. The summed E-state index contributed by atoms with van der Waals surface area (Å²) >= 11 is 0. The van der Waals surface area contributed by atoms with Gasteiger partial charge in [-0.1, -0.05) is 63.3 Å². The van der Waals surface area contributed by atoms with Crippen molar-refractivity contribution in [2.75, 3.05) is 26.4 Å². The third-order valence-electron chi connectivity index (χ3n) is 7.63. The Balaban J connectivity index is 1.61. The Morgan fingerprint density at radius 1 is 0.805 bits per heavy atom. The van der Waals surface area contributed by atoms with Crippen LogP contribution in [0.5, 0.6) is 5.75 Å². The number of esters is 2. The molecule has 0 saturated heterocycles. The third kappa shape index (κ3) is 10.5. The minimum absolute atomic E-state index is 0.00393. The summed E-state index contributed by atoms with van der Waals surface area (Å²) in [7, 11) is 0. The molecule has 2 aromatic carbocycles. The van der Waals surface area contributed by atoms with Crippen molar-refractivity contribution in [1.29, 1.82) is 0 Å². The molecule has 7 heteroatoms. The topological polar surface area (TPSA) is 102 Å². The minimum atomic E-state index is -0.631. The maximum absolute atomic E-state index is 11.8. The second-order valence-corrected chi connectivity index (χ2v) is 10.8. The van der Waals surface area contributed by atoms with Gasteiger partial charge in [0.1, 0.15) is 12.4 Å². The summed E-state index contributed by atoms with van der Waals surface area (Å²) in [6.07, 6.45) is 8.68. The van der Waals surface area contributed by atoms with Crippen LogP contribution in [-0.2, 0) is 38.5 Å². The first kappa shape index (κ1) is 32.1. The maximum Gasteiger partial charge on any atom is 0.335 e. The Hall–Kier alpha value is -3.42. The molecular formula is C34H44O7. The number of hydrogen-bond donors (Lipinski definition) is 2. The van der Waals surface area contributed by atoms with E-state index in [1.54, 1.807) is 0 Å². The fourth-order valence-corrected chi connectivity index (χ4v) is 5.20. The van der Waals surface area contributed by atoms with E-state index in [2.05, 4.69) is 44.3 Å². The van der Waals surface area contributed by atoms with Crippen molar-refractivity contribution in [3.8, 4) is 5.75 Å². The second kappa shape index (κ2) is 16.7. The van der Waals surface area contributed by atoms with Gasteiger partial charge in [0.15, 0.2) is 0 Å². The summed E-state index contributed by atoms with van der Waals surface area (Å²) in [5.74, 6) is 0.934. The minimum Gasteiger partial charge on any atom is -0.489 e. The Morgan fingerprint density at radius 2 is 1.34 bits per heavy atom. The lowest BCUT2D eigenvalue weighted by Gasteiger charge is -2.28. The zero-order valence-corrected chi connectivity index (χ0v) is 24.2. The van der Waals surface area contributed by atoms with Crippen molar-refractivity contribution in [3.63, 3.8) is 0 Å². The van der Waals surface area contributed by atoms with E-state index in [1.165, 1.54) is 44.1 Å². The van der Waals surface area contributed by atoms with E-state index in [9.17, 15) is 9.59 Å². The molecule has 0 aliphatic heterocycles. The second-order valence-electron chi connectivity index (χ2n) is 10.8. The molecule has 0 radical (unpaired) electrons. The highest BCUT2D eigenvalue weighted by atomic mass is 16.5. The molecule has 0 unspecified atom stereocenters. The van der Waals surface area contributed by atoms with E-state index < -0.39 is 25.2 Å². The van der Waals surface area contributed by atoms with Crippen LogP contribution in [-0.4, -0.2) is 48.6 Å². The molecule has 0 amide bonds. The lowest BCUT2D eigenvalue weighted by molar-refractivity contribution is -0.140. The first-order valence-electron chi connectivity index (χ1n) is 14.6. The van der Waals surface area contributed by atoms with Gasteiger partial charge in [0.25, 0.3) is 0 Å². The van der Waals surface area contributed by atoms with Gasteiger partial charge >= 0.3 is 11.9 Å². The molecule has 41 heavy (non-hydrogen) atoms. The van der Waals surface area contributed by atoms with Gasteiger partial charge in [0.05, 0.1) is 37.6 Å². The Kier molecular flexibility index (Phi) is 13.1. The van der Waals surface area contributed by atoms with Gasteiger partial charge in [0, 0.05) is 12.8 Å². The lowest BCUT2D eigenvalue weighted by Crippen LogP contribution is -2.13. The lowest BCUT2D eigenvalue weighted by atomic mass is 9.77. The number of ether oxygens (including phenoxy) is 3. The van der Waals surface area contributed by atoms with Crippen LogP contribution >= 0.6 is 0 Å². The molecule has 0 spiro atoms. The predicted octanol–water partition coefficient (Wildman–Crippen LogP) is 5.61. The average Bonchev–Trinajstić information content (AvgIpc) is 2.99. The van der Waals surface area contributed by atoms with Crippen LogP contribution in [0, 0.1) is 5.92 Å². The number of aliphatic hydroxyl groups is 2. The van der Waals surface area contributed by atoms with Crippen LogP contribution < -0.4 is 4.74 Å². The van der Waals surface area contributed by atoms with Gasteiger partial charge in [-0.3, -0.25) is 0 Å². The van der Waals surface area contributed by atoms with Gasteiger partial charge in [-0.05, 0) is 71.9 Å². The third-order valence-corrected chi connectivity index (χ3v) is 7.63. The van der Waals surface area contributed by atoms with Crippen LogP contribution in [0.2, 0.25) is 0 Å². The number of carbonyl (C=O) groups is 2. The SMILES string of the molecule is C=C(CO)C(=O)OCCc1cc(CCOC(=O)C(=C)CO)cc(OCc2ccc(C3CCC(CCC)CC3)cc2)c1. The van der Waals surface area contributed by atoms with Crippen LogP contribution in [0.25, 0.3) is 0 Å². The van der Waals surface area contributed by atoms with E-state index in [-0.39, 0.29) is 24.4 Å². The van der Waals surface area contributed by atoms with Gasteiger partial charge < -0.3 is 24.4 Å². The molecule has 0 atom stereocenters. The van der Waals surface area contributed by atoms with Crippen molar-refractivity contribution < 1.29 is 34.0 Å². The molecule has 222 valence electrons. The zero-order valence-electron chi connectivity index (χ0n) is 24.2. The smallest absolute Gasteiger partial charge is 0.335 e. The molecule has 0 heterocycles. The number of benzene rings is 2. The van der Waals surface area contributed by atoms with Crippen molar-refractivity contribution in [2.24, 2.45) is 5.92 Å². The maximum atomic E-state index is 11.8. The highest BCUT2D eigenvalue weighted by Crippen LogP contribution is 2.37. The molecule has 1 fully saturated rings. The van der Waals surface area contributed by atoms with Crippen LogP contribution in [0.3, 0.4) is 0 Å². The summed E-state index contributed by atoms with van der Waals surface area (Å²) in [6, 6.07) is 14.5. The molecule has 3 rings (SSSR count). The summed E-state index contributed by atoms with van der Waals surface area (Å²) in [6.45, 7) is 8.98. The molecule has 1 aliphatic rings. The van der Waals surface area contributed by atoms with E-state index in [4.69, 9.17) is 24.4 Å². The van der Waals surface area contributed by atoms with Crippen molar-refractivity contribution in [3.05, 3.63) is 89.0 Å². The highest BCUT2D eigenvalue weighted by molar-refractivity contribution is 5.88. The normalized spacial score (nSPS) is 16.6. The number of aliphatic hydroxyl groups excluding tert-OH is 2. The molecule has 2 aromatic rings. The fourth-order valence-electron chi connectivity index (χ4n) is 5.20. The summed E-state index contributed by atoms with van der Waals surface area (Å²) in [5.41, 5.74) is 4.27. The quantitative estimate of drug-likeness (QED) is 0.202. The molecule has 2 N–H and O–H groups in total. The Bertz CT molecular complexity index is 1110. The van der Waals surface area contributed by atoms with E-state index >= 15 is 0 Å². The van der Waals surface area contributed by atoms with E-state index in [0.29, 0.717) is 31.1 Å². The summed E-state index contributed by atoms with van der Waals surface area (Å²) in [4.78, 5) is 23.7. The van der Waals surface area contributed by atoms with Crippen molar-refractivity contribution in [1.82, 2.24) is 0 Å². The molecular weight excluding hydrogens is 520 g/mol. The predicted molar refractivity (Wildman–Crippen MR) is 159 cm³/mol. The van der Waals surface area contributed by atoms with Crippen LogP contribution in [0.4, 0.5) is 0 Å². The van der Waals surface area contributed by atoms with Crippen LogP contribution in [0.1, 0.15) is 73.6 Å². The standard InChI is InChI=1S/C34H44O7/c1-4-5-26-6-10-30(11-7-26)31-12-8-27(9-13-31)23-41-32-19-28(14-16-39-33(37)24(2)21-35)18-29(20-32)15-17-40-34(38)25(3)22-36/h8-9,12-13,18-20,26,30,35-36H,2-7,10-11,14-17,21-23H2,1H3. The monoisotopic (exact) mass is 564 g/mol. The molecule has 0 bridgehead atoms. The largest absolute Gasteiger partial charge is 0.489 e. The van der Waals surface area contributed by atoms with Gasteiger partial charge in [-0.25, -0.2) is 9.59 Å². The van der Waals surface area contributed by atoms with Gasteiger partial charge in [0.2, 0.25) is 0 Å². The summed E-state index contributed by atoms with van der Waals surface area (Å²) in [5, 5.41) is 18.1. The van der Waals surface area contributed by atoms with Gasteiger partial charge in [-0.2, -0.15) is 0 Å². The van der Waals surface area contributed by atoms with Crippen molar-refractivity contribution >= 4 is 11.9 Å².